The molecule has 2 nitrogen and oxygen atoms in total. The molecule has 17 heavy (non-hydrogen) atoms. The topological polar surface area (TPSA) is 20.3 Å². The molecule has 1 saturated carbocycles. The van der Waals surface area contributed by atoms with Crippen molar-refractivity contribution < 1.29 is 9.18 Å². The van der Waals surface area contributed by atoms with E-state index in [1.165, 1.54) is 12.1 Å². The van der Waals surface area contributed by atoms with Gasteiger partial charge in [0.15, 0.2) is 0 Å². The molecule has 1 aliphatic rings. The maximum atomic E-state index is 12.8. The summed E-state index contributed by atoms with van der Waals surface area (Å²) in [6.45, 7) is 1.95. The molecule has 92 valence electrons. The third-order valence-electron chi connectivity index (χ3n) is 3.11. The quantitative estimate of drug-likeness (QED) is 0.757. The lowest BCUT2D eigenvalue weighted by atomic mass is 10.1. The first-order valence-corrected chi connectivity index (χ1v) is 6.29. The molecule has 1 aromatic carbocycles. The summed E-state index contributed by atoms with van der Waals surface area (Å²) in [5, 5.41) is 0. The van der Waals surface area contributed by atoms with Gasteiger partial charge in [-0.3, -0.25) is 4.79 Å². The Balaban J connectivity index is 2.18. The van der Waals surface area contributed by atoms with E-state index in [0.717, 1.165) is 18.4 Å². The van der Waals surface area contributed by atoms with Crippen LogP contribution in [0.4, 0.5) is 4.39 Å². The molecule has 1 aromatic rings. The molecule has 0 N–H and O–H groups in total. The fourth-order valence-corrected chi connectivity index (χ4v) is 2.20. The van der Waals surface area contributed by atoms with Gasteiger partial charge < -0.3 is 4.90 Å². The van der Waals surface area contributed by atoms with Crippen molar-refractivity contribution in [3.05, 3.63) is 35.6 Å². The van der Waals surface area contributed by atoms with Gasteiger partial charge in [-0.05, 0) is 37.5 Å². The molecule has 0 aliphatic heterocycles. The molecule has 0 heterocycles. The van der Waals surface area contributed by atoms with Crippen molar-refractivity contribution in [1.29, 1.82) is 0 Å². The molecule has 0 unspecified atom stereocenters. The fraction of sp³-hybridized carbons (Fsp3) is 0.462. The summed E-state index contributed by atoms with van der Waals surface area (Å²) in [7, 11) is 0. The van der Waals surface area contributed by atoms with Crippen molar-refractivity contribution in [1.82, 2.24) is 4.90 Å². The third-order valence-corrected chi connectivity index (χ3v) is 3.34. The van der Waals surface area contributed by atoms with Crippen LogP contribution in [0.3, 0.4) is 0 Å². The number of halogens is 2. The second-order valence-corrected chi connectivity index (χ2v) is 4.66. The smallest absolute Gasteiger partial charge is 0.238 e. The Morgan fingerprint density at radius 2 is 2.06 bits per heavy atom. The molecule has 1 amide bonds. The molecule has 0 radical (unpaired) electrons. The first-order chi connectivity index (χ1) is 8.13. The van der Waals surface area contributed by atoms with Gasteiger partial charge in [0.2, 0.25) is 5.91 Å². The summed E-state index contributed by atoms with van der Waals surface area (Å²) in [6, 6.07) is 6.54. The Hall–Kier alpha value is -1.09. The van der Waals surface area contributed by atoms with Crippen LogP contribution in [-0.2, 0) is 4.79 Å². The summed E-state index contributed by atoms with van der Waals surface area (Å²) in [6.07, 6.45) is 2.07. The molecule has 1 aliphatic carbocycles. The Bertz CT molecular complexity index is 402. The Morgan fingerprint density at radius 3 is 2.53 bits per heavy atom. The number of rotatable bonds is 4. The van der Waals surface area contributed by atoms with E-state index in [-0.39, 0.29) is 23.6 Å². The number of benzene rings is 1. The van der Waals surface area contributed by atoms with Gasteiger partial charge in [0.05, 0.1) is 6.04 Å². The van der Waals surface area contributed by atoms with Crippen LogP contribution in [0.2, 0.25) is 0 Å². The van der Waals surface area contributed by atoms with E-state index in [0.29, 0.717) is 6.04 Å². The summed E-state index contributed by atoms with van der Waals surface area (Å²) < 4.78 is 12.8. The average Bonchev–Trinajstić information content (AvgIpc) is 3.14. The molecule has 0 spiro atoms. The standard InChI is InChI=1S/C13H15ClFNO/c1-9(10-2-4-11(15)5-3-10)16(12-6-7-12)13(17)8-14/h2-5,9,12H,6-8H2,1H3/t9-/m1/s1. The van der Waals surface area contributed by atoms with E-state index in [1.54, 1.807) is 12.1 Å². The SMILES string of the molecule is C[C@H](c1ccc(F)cc1)N(C(=O)CCl)C1CC1. The highest BCUT2D eigenvalue weighted by atomic mass is 35.5. The predicted octanol–water partition coefficient (Wildman–Crippen LogP) is 3.12. The third kappa shape index (κ3) is 2.78. The van der Waals surface area contributed by atoms with Gasteiger partial charge in [-0.25, -0.2) is 4.39 Å². The van der Waals surface area contributed by atoms with Crippen molar-refractivity contribution >= 4 is 17.5 Å². The van der Waals surface area contributed by atoms with Gasteiger partial charge in [-0.2, -0.15) is 0 Å². The van der Waals surface area contributed by atoms with Gasteiger partial charge in [0, 0.05) is 6.04 Å². The fourth-order valence-electron chi connectivity index (χ4n) is 2.06. The highest BCUT2D eigenvalue weighted by molar-refractivity contribution is 6.27. The lowest BCUT2D eigenvalue weighted by Crippen LogP contribution is -2.36. The van der Waals surface area contributed by atoms with Crippen LogP contribution in [0.5, 0.6) is 0 Å². The van der Waals surface area contributed by atoms with E-state index in [2.05, 4.69) is 0 Å². The Labute approximate surface area is 105 Å². The van der Waals surface area contributed by atoms with Gasteiger partial charge in [-0.15, -0.1) is 11.6 Å². The van der Waals surface area contributed by atoms with Gasteiger partial charge in [0.25, 0.3) is 0 Å². The number of hydrogen-bond acceptors (Lipinski definition) is 1. The van der Waals surface area contributed by atoms with Crippen molar-refractivity contribution in [2.75, 3.05) is 5.88 Å². The minimum atomic E-state index is -0.261. The summed E-state index contributed by atoms with van der Waals surface area (Å²) in [4.78, 5) is 13.6. The summed E-state index contributed by atoms with van der Waals surface area (Å²) in [5.41, 5.74) is 0.941. The van der Waals surface area contributed by atoms with Crippen LogP contribution in [0.1, 0.15) is 31.4 Å². The van der Waals surface area contributed by atoms with Crippen LogP contribution in [0, 0.1) is 5.82 Å². The van der Waals surface area contributed by atoms with Crippen LogP contribution in [0.15, 0.2) is 24.3 Å². The molecule has 1 fully saturated rings. The predicted molar refractivity (Wildman–Crippen MR) is 65.4 cm³/mol. The minimum Gasteiger partial charge on any atom is -0.332 e. The van der Waals surface area contributed by atoms with E-state index >= 15 is 0 Å². The maximum Gasteiger partial charge on any atom is 0.238 e. The number of hydrogen-bond donors (Lipinski definition) is 0. The van der Waals surface area contributed by atoms with Gasteiger partial charge in [0.1, 0.15) is 11.7 Å². The summed E-state index contributed by atoms with van der Waals surface area (Å²) >= 11 is 5.62. The number of alkyl halides is 1. The second-order valence-electron chi connectivity index (χ2n) is 4.39. The molecule has 1 atom stereocenters. The molecular formula is C13H15ClFNO. The van der Waals surface area contributed by atoms with E-state index < -0.39 is 0 Å². The van der Waals surface area contributed by atoms with Gasteiger partial charge >= 0.3 is 0 Å². The lowest BCUT2D eigenvalue weighted by molar-refractivity contribution is -0.131. The van der Waals surface area contributed by atoms with Crippen molar-refractivity contribution in [3.63, 3.8) is 0 Å². The van der Waals surface area contributed by atoms with Crippen LogP contribution >= 0.6 is 11.6 Å². The molecule has 0 aromatic heterocycles. The molecule has 0 saturated heterocycles. The molecule has 0 bridgehead atoms. The van der Waals surface area contributed by atoms with Crippen molar-refractivity contribution in [2.45, 2.75) is 31.8 Å². The lowest BCUT2D eigenvalue weighted by Gasteiger charge is -2.29. The zero-order valence-corrected chi connectivity index (χ0v) is 10.5. The van der Waals surface area contributed by atoms with Crippen LogP contribution in [0.25, 0.3) is 0 Å². The number of carbonyl (C=O) groups is 1. The van der Waals surface area contributed by atoms with E-state index in [4.69, 9.17) is 11.6 Å². The summed E-state index contributed by atoms with van der Waals surface area (Å²) in [5.74, 6) is -0.309. The van der Waals surface area contributed by atoms with Crippen molar-refractivity contribution in [2.24, 2.45) is 0 Å². The largest absolute Gasteiger partial charge is 0.332 e. The number of amides is 1. The van der Waals surface area contributed by atoms with E-state index in [1.807, 2.05) is 11.8 Å². The van der Waals surface area contributed by atoms with Crippen LogP contribution < -0.4 is 0 Å². The Kier molecular flexibility index (Phi) is 3.67. The maximum absolute atomic E-state index is 12.8. The highest BCUT2D eigenvalue weighted by Gasteiger charge is 2.35. The Morgan fingerprint density at radius 1 is 1.47 bits per heavy atom. The molecular weight excluding hydrogens is 241 g/mol. The van der Waals surface area contributed by atoms with Crippen LogP contribution in [-0.4, -0.2) is 22.7 Å². The highest BCUT2D eigenvalue weighted by Crippen LogP contribution is 2.34. The first-order valence-electron chi connectivity index (χ1n) is 5.76. The van der Waals surface area contributed by atoms with Crippen molar-refractivity contribution in [3.8, 4) is 0 Å². The zero-order valence-electron chi connectivity index (χ0n) is 9.70. The first kappa shape index (κ1) is 12.4. The average molecular weight is 256 g/mol. The zero-order chi connectivity index (χ0) is 12.4. The minimum absolute atomic E-state index is 0.00202. The molecule has 4 heteroatoms. The van der Waals surface area contributed by atoms with Gasteiger partial charge in [-0.1, -0.05) is 12.1 Å². The second kappa shape index (κ2) is 5.05. The molecule has 2 rings (SSSR count). The normalized spacial score (nSPS) is 16.6. The van der Waals surface area contributed by atoms with E-state index in [9.17, 15) is 9.18 Å². The monoisotopic (exact) mass is 255 g/mol. The number of nitrogens with zero attached hydrogens (tertiary/aromatic N) is 1. The number of carbonyl (C=O) groups excluding carboxylic acids is 1.